The van der Waals surface area contributed by atoms with Gasteiger partial charge in [0.1, 0.15) is 0 Å². The minimum Gasteiger partial charge on any atom is -0.309 e. The molecule has 682 valence electrons. The van der Waals surface area contributed by atoms with Crippen LogP contribution in [0.4, 0.5) is 0 Å². The molecular formula is C141H108N2. The van der Waals surface area contributed by atoms with Gasteiger partial charge in [-0.25, -0.2) is 0 Å². The van der Waals surface area contributed by atoms with E-state index in [-0.39, 0.29) is 27.1 Å². The minimum atomic E-state index is -0.254. The lowest BCUT2D eigenvalue weighted by Gasteiger charge is -2.33. The monoisotopic (exact) mass is 1830 g/mol. The Hall–Kier alpha value is -17.6. The second-order valence-corrected chi connectivity index (χ2v) is 38.6. The molecule has 2 nitrogen and oxygen atoms in total. The molecule has 0 atom stereocenters. The summed E-state index contributed by atoms with van der Waals surface area (Å²) in [6.07, 6.45) is 0. The summed E-state index contributed by atoms with van der Waals surface area (Å²) in [7, 11) is 0. The highest BCUT2D eigenvalue weighted by Crippen LogP contribution is 2.60. The molecule has 0 aliphatic heterocycles. The lowest BCUT2D eigenvalue weighted by Crippen LogP contribution is -2.28. The number of rotatable bonds is 8. The third-order valence-corrected chi connectivity index (χ3v) is 30.3. The van der Waals surface area contributed by atoms with Crippen LogP contribution in [-0.4, -0.2) is 9.13 Å². The molecule has 24 aromatic rings. The number of aromatic nitrogens is 2. The number of benzene rings is 22. The van der Waals surface area contributed by atoms with Crippen LogP contribution in [0.2, 0.25) is 0 Å². The van der Waals surface area contributed by atoms with E-state index in [2.05, 4.69) is 619 Å². The molecule has 143 heavy (non-hydrogen) atoms. The maximum atomic E-state index is 2.32. The van der Waals surface area contributed by atoms with Crippen molar-refractivity contribution in [1.82, 2.24) is 9.13 Å². The van der Waals surface area contributed by atoms with Crippen LogP contribution in [0.1, 0.15) is 117 Å². The number of hydrogen-bond acceptors (Lipinski definition) is 0. The summed E-state index contributed by atoms with van der Waals surface area (Å²) in [6, 6.07) is 209. The molecule has 29 rings (SSSR count). The van der Waals surface area contributed by atoms with E-state index in [1.54, 1.807) is 0 Å². The second kappa shape index (κ2) is 38.3. The van der Waals surface area contributed by atoms with Gasteiger partial charge < -0.3 is 9.13 Å². The molecule has 5 aliphatic carbocycles. The van der Waals surface area contributed by atoms with Gasteiger partial charge in [-0.3, -0.25) is 0 Å². The summed E-state index contributed by atoms with van der Waals surface area (Å²) in [4.78, 5) is 0. The topological polar surface area (TPSA) is 9.86 Å². The summed E-state index contributed by atoms with van der Waals surface area (Å²) < 4.78 is 4.65. The maximum absolute atomic E-state index is 2.32. The van der Waals surface area contributed by atoms with Crippen molar-refractivity contribution in [3.05, 3.63) is 671 Å². The van der Waals surface area contributed by atoms with Gasteiger partial charge in [-0.1, -0.05) is 562 Å². The molecule has 2 heterocycles. The van der Waals surface area contributed by atoms with Crippen LogP contribution in [0.15, 0.2) is 582 Å². The summed E-state index contributed by atoms with van der Waals surface area (Å²) in [6.45, 7) is 9.21. The van der Waals surface area contributed by atoms with E-state index < -0.39 is 0 Å². The van der Waals surface area contributed by atoms with Gasteiger partial charge in [-0.05, 0) is 193 Å². The number of hydrogen-bond donors (Lipinski definition) is 0. The number of nitrogens with zero attached hydrogens (tertiary/aromatic N) is 2. The van der Waals surface area contributed by atoms with Gasteiger partial charge in [0.25, 0.3) is 0 Å². The zero-order valence-electron chi connectivity index (χ0n) is 80.8. The van der Waals surface area contributed by atoms with Gasteiger partial charge in [0.05, 0.1) is 38.3 Å². The van der Waals surface area contributed by atoms with E-state index in [0.717, 1.165) is 0 Å². The predicted molar refractivity (Wildman–Crippen MR) is 601 cm³/mol. The highest BCUT2D eigenvalue weighted by Gasteiger charge is 2.49. The SMILES string of the molecule is CC1(C)c2ccccc2-c2ccccc21.CC1(C)c2ccccc2-c2ccccc21.c1ccc(-n2c3ccccc3c3ccccc32)cc1.c1ccc(-n2c3ccccc3c3ccccc32)cc1.c1ccc(C2(c3ccccc3)c3ccccc3-c3ccccc32)cc1.c1ccc(C2(c3ccccc3)c3ccccc3-c3ccccc32)cc1.c1ccc(C2(c3ccccc3)c3ccccc3-c3ccccc32)cc1. The predicted octanol–water partition coefficient (Wildman–Crippen LogP) is 35.7. The van der Waals surface area contributed by atoms with E-state index in [1.165, 1.54) is 200 Å². The van der Waals surface area contributed by atoms with Crippen LogP contribution in [-0.2, 0) is 27.1 Å². The Morgan fingerprint density at radius 3 is 0.420 bits per heavy atom. The lowest BCUT2D eigenvalue weighted by molar-refractivity contribution is 0.660. The van der Waals surface area contributed by atoms with E-state index >= 15 is 0 Å². The van der Waals surface area contributed by atoms with Crippen molar-refractivity contribution in [1.29, 1.82) is 0 Å². The molecule has 0 saturated carbocycles. The molecule has 2 aromatic heterocycles. The van der Waals surface area contributed by atoms with Gasteiger partial charge >= 0.3 is 0 Å². The largest absolute Gasteiger partial charge is 0.309 e. The molecule has 0 bridgehead atoms. The fraction of sp³-hybridized carbons (Fsp3) is 0.0638. The third-order valence-electron chi connectivity index (χ3n) is 30.3. The summed E-state index contributed by atoms with van der Waals surface area (Å²) in [5, 5.41) is 5.23. The van der Waals surface area contributed by atoms with Crippen molar-refractivity contribution in [3.8, 4) is 67.0 Å². The molecule has 0 amide bonds. The summed E-state index contributed by atoms with van der Waals surface area (Å²) >= 11 is 0. The first-order valence-corrected chi connectivity index (χ1v) is 50.0. The van der Waals surface area contributed by atoms with Crippen molar-refractivity contribution in [2.45, 2.75) is 54.8 Å². The summed E-state index contributed by atoms with van der Waals surface area (Å²) in [5.41, 5.74) is 42.6. The maximum Gasteiger partial charge on any atom is 0.0713 e. The van der Waals surface area contributed by atoms with Crippen molar-refractivity contribution in [3.63, 3.8) is 0 Å². The molecule has 5 aliphatic rings. The molecule has 0 radical (unpaired) electrons. The van der Waals surface area contributed by atoms with Crippen LogP contribution in [0, 0.1) is 0 Å². The number of para-hydroxylation sites is 6. The fourth-order valence-corrected chi connectivity index (χ4v) is 24.1. The van der Waals surface area contributed by atoms with Gasteiger partial charge in [-0.15, -0.1) is 0 Å². The molecule has 0 unspecified atom stereocenters. The van der Waals surface area contributed by atoms with Crippen molar-refractivity contribution < 1.29 is 0 Å². The molecule has 0 spiro atoms. The highest BCUT2D eigenvalue weighted by atomic mass is 15.0. The van der Waals surface area contributed by atoms with Crippen LogP contribution in [0.3, 0.4) is 0 Å². The van der Waals surface area contributed by atoms with Gasteiger partial charge in [-0.2, -0.15) is 0 Å². The quantitative estimate of drug-likeness (QED) is 0.143. The first-order chi connectivity index (χ1) is 70.6. The third kappa shape index (κ3) is 15.4. The van der Waals surface area contributed by atoms with Crippen LogP contribution < -0.4 is 0 Å². The second-order valence-electron chi connectivity index (χ2n) is 38.6. The first kappa shape index (κ1) is 89.4. The molecule has 2 heteroatoms. The Morgan fingerprint density at radius 2 is 0.245 bits per heavy atom. The standard InChI is InChI=1S/3C25H18.2C18H13N.2C15H14/c3*1-3-11-19(12-4-1)25(20-13-5-2-6-14-20)23-17-9-7-15-21(23)22-16-8-10-18-24(22)25;2*1-2-8-14(9-3-1)19-17-12-6-4-10-15(17)16-11-5-7-13-18(16)19;2*1-15(2)13-9-5-3-7-11(13)12-8-4-6-10-14(12)15/h3*1-18H;2*1-13H;2*3-10H,1-2H3. The average molecular weight is 1830 g/mol. The van der Waals surface area contributed by atoms with Crippen molar-refractivity contribution in [2.75, 3.05) is 0 Å². The smallest absolute Gasteiger partial charge is 0.0713 e. The highest BCUT2D eigenvalue weighted by molar-refractivity contribution is 6.10. The average Bonchev–Trinajstić information content (AvgIpc) is 1.54. The van der Waals surface area contributed by atoms with E-state index in [0.29, 0.717) is 0 Å². The zero-order valence-corrected chi connectivity index (χ0v) is 80.8. The Kier molecular flexibility index (Phi) is 23.9. The van der Waals surface area contributed by atoms with E-state index in [4.69, 9.17) is 0 Å². The van der Waals surface area contributed by atoms with Crippen LogP contribution in [0.5, 0.6) is 0 Å². The Labute approximate surface area is 839 Å². The van der Waals surface area contributed by atoms with Gasteiger partial charge in [0.2, 0.25) is 0 Å². The van der Waals surface area contributed by atoms with E-state index in [9.17, 15) is 0 Å². The Balaban J connectivity index is 0.0000000933. The fourth-order valence-electron chi connectivity index (χ4n) is 24.1. The van der Waals surface area contributed by atoms with Crippen molar-refractivity contribution >= 4 is 43.6 Å². The van der Waals surface area contributed by atoms with Gasteiger partial charge in [0, 0.05) is 43.7 Å². The molecule has 0 fully saturated rings. The molecule has 0 saturated heterocycles. The molecule has 0 N–H and O–H groups in total. The zero-order chi connectivity index (χ0) is 96.3. The molecule has 22 aromatic carbocycles. The van der Waals surface area contributed by atoms with Crippen LogP contribution in [0.25, 0.3) is 111 Å². The van der Waals surface area contributed by atoms with Gasteiger partial charge in [0.15, 0.2) is 0 Å². The first-order valence-electron chi connectivity index (χ1n) is 50.0. The lowest BCUT2D eigenvalue weighted by atomic mass is 9.68. The summed E-state index contributed by atoms with van der Waals surface area (Å²) in [5.74, 6) is 0. The molecular weight excluding hydrogens is 1720 g/mol. The van der Waals surface area contributed by atoms with Crippen LogP contribution >= 0.6 is 0 Å². The Bertz CT molecular complexity index is 7550. The Morgan fingerprint density at radius 1 is 0.119 bits per heavy atom. The normalized spacial score (nSPS) is 13.6. The van der Waals surface area contributed by atoms with Crippen molar-refractivity contribution in [2.24, 2.45) is 0 Å². The van der Waals surface area contributed by atoms with E-state index in [1.807, 2.05) is 0 Å². The number of fused-ring (bicyclic) bond motifs is 21. The minimum absolute atomic E-state index is 0.160.